The van der Waals surface area contributed by atoms with Gasteiger partial charge in [0.25, 0.3) is 5.91 Å². The molecule has 2 atom stereocenters. The van der Waals surface area contributed by atoms with Crippen LogP contribution in [0, 0.1) is 5.92 Å². The molecule has 32 heavy (non-hydrogen) atoms. The van der Waals surface area contributed by atoms with Crippen molar-refractivity contribution in [1.82, 2.24) is 19.4 Å². The number of aromatic nitrogens is 3. The molecule has 2 aliphatic rings. The lowest BCUT2D eigenvalue weighted by Crippen LogP contribution is -2.35. The summed E-state index contributed by atoms with van der Waals surface area (Å²) in [4.78, 5) is 36.8. The Labute approximate surface area is 187 Å². The number of fused-ring (bicyclic) bond motifs is 3. The molecule has 0 radical (unpaired) electrons. The smallest absolute Gasteiger partial charge is 0.256 e. The van der Waals surface area contributed by atoms with Gasteiger partial charge in [-0.2, -0.15) is 0 Å². The van der Waals surface area contributed by atoms with Gasteiger partial charge in [-0.15, -0.1) is 0 Å². The number of pyridine rings is 1. The predicted molar refractivity (Wildman–Crippen MR) is 124 cm³/mol. The van der Waals surface area contributed by atoms with Gasteiger partial charge in [-0.05, 0) is 48.9 Å². The summed E-state index contributed by atoms with van der Waals surface area (Å²) in [5.41, 5.74) is 3.87. The Morgan fingerprint density at radius 3 is 2.84 bits per heavy atom. The zero-order valence-electron chi connectivity index (χ0n) is 18.7. The lowest BCUT2D eigenvalue weighted by molar-refractivity contribution is -0.114. The van der Waals surface area contributed by atoms with Crippen LogP contribution in [-0.4, -0.2) is 43.8 Å². The monoisotopic (exact) mass is 431 g/mol. The third-order valence-electron chi connectivity index (χ3n) is 6.76. The highest BCUT2D eigenvalue weighted by atomic mass is 16.2. The van der Waals surface area contributed by atoms with Crippen LogP contribution in [0.2, 0.25) is 0 Å². The van der Waals surface area contributed by atoms with Crippen LogP contribution in [-0.2, 0) is 17.8 Å². The van der Waals surface area contributed by atoms with Gasteiger partial charge in [0.1, 0.15) is 5.82 Å². The fourth-order valence-corrected chi connectivity index (χ4v) is 5.41. The normalized spacial score (nSPS) is 20.0. The Hall–Kier alpha value is -3.22. The number of imidazole rings is 1. The van der Waals surface area contributed by atoms with Crippen molar-refractivity contribution in [1.29, 1.82) is 0 Å². The van der Waals surface area contributed by atoms with Crippen molar-refractivity contribution in [2.24, 2.45) is 5.92 Å². The average Bonchev–Trinajstić information content (AvgIpc) is 3.28. The number of likely N-dealkylation sites (tertiary alicyclic amines) is 1. The van der Waals surface area contributed by atoms with Gasteiger partial charge < -0.3 is 14.8 Å². The molecule has 2 fully saturated rings. The van der Waals surface area contributed by atoms with Gasteiger partial charge in [-0.1, -0.05) is 19.4 Å². The van der Waals surface area contributed by atoms with Gasteiger partial charge in [0, 0.05) is 44.0 Å². The largest absolute Gasteiger partial charge is 0.335 e. The molecule has 1 aromatic carbocycles. The van der Waals surface area contributed by atoms with Crippen LogP contribution in [0.5, 0.6) is 0 Å². The number of hydrogen-bond donors (Lipinski definition) is 1. The highest BCUT2D eigenvalue weighted by Gasteiger charge is 2.39. The van der Waals surface area contributed by atoms with Crippen molar-refractivity contribution >= 4 is 28.5 Å². The maximum Gasteiger partial charge on any atom is 0.256 e. The summed E-state index contributed by atoms with van der Waals surface area (Å²) >= 11 is 0. The highest BCUT2D eigenvalue weighted by Crippen LogP contribution is 2.37. The molecule has 2 bridgehead atoms. The van der Waals surface area contributed by atoms with E-state index in [1.807, 2.05) is 30.5 Å². The third-order valence-corrected chi connectivity index (χ3v) is 6.76. The molecule has 166 valence electrons. The Morgan fingerprint density at radius 1 is 1.25 bits per heavy atom. The molecule has 3 heterocycles. The highest BCUT2D eigenvalue weighted by molar-refractivity contribution is 6.08. The molecule has 2 amide bonds. The van der Waals surface area contributed by atoms with Crippen LogP contribution in [0.1, 0.15) is 61.3 Å². The zero-order valence-corrected chi connectivity index (χ0v) is 18.7. The average molecular weight is 432 g/mol. The van der Waals surface area contributed by atoms with E-state index in [1.165, 1.54) is 19.8 Å². The first kappa shape index (κ1) is 20.7. The fraction of sp³-hybridized carbons (Fsp3) is 0.440. The minimum Gasteiger partial charge on any atom is -0.335 e. The lowest BCUT2D eigenvalue weighted by atomic mass is 9.90. The Bertz CT molecular complexity index is 1170. The Kier molecular flexibility index (Phi) is 5.41. The second-order valence-electron chi connectivity index (χ2n) is 9.05. The molecule has 3 aromatic rings. The van der Waals surface area contributed by atoms with Crippen molar-refractivity contribution in [3.05, 3.63) is 53.6 Å². The summed E-state index contributed by atoms with van der Waals surface area (Å²) in [6.07, 6.45) is 8.94. The molecule has 1 saturated carbocycles. The Morgan fingerprint density at radius 2 is 2.12 bits per heavy atom. The van der Waals surface area contributed by atoms with Gasteiger partial charge in [0.05, 0.1) is 23.1 Å². The van der Waals surface area contributed by atoms with Crippen LogP contribution in [0.25, 0.3) is 11.0 Å². The molecule has 0 spiro atoms. The second kappa shape index (κ2) is 8.37. The molecule has 1 saturated heterocycles. The number of hydrogen-bond acceptors (Lipinski definition) is 4. The summed E-state index contributed by atoms with van der Waals surface area (Å²) in [6, 6.07) is 7.98. The van der Waals surface area contributed by atoms with Crippen molar-refractivity contribution in [3.8, 4) is 0 Å². The van der Waals surface area contributed by atoms with E-state index in [-0.39, 0.29) is 11.8 Å². The molecule has 1 N–H and O–H groups in total. The first-order chi connectivity index (χ1) is 15.5. The second-order valence-corrected chi connectivity index (χ2v) is 9.05. The van der Waals surface area contributed by atoms with E-state index < -0.39 is 0 Å². The summed E-state index contributed by atoms with van der Waals surface area (Å²) in [5.74, 6) is 1.41. The van der Waals surface area contributed by atoms with E-state index in [0.717, 1.165) is 48.2 Å². The SMILES string of the molecule is CCc1nc2cc(NC(C)=O)cc(C(=O)N3CC4CCCC3C4)c2n1Cc1cccnc1. The van der Waals surface area contributed by atoms with E-state index in [4.69, 9.17) is 4.98 Å². The van der Waals surface area contributed by atoms with E-state index in [9.17, 15) is 9.59 Å². The number of nitrogens with zero attached hydrogens (tertiary/aromatic N) is 4. The van der Waals surface area contributed by atoms with Crippen LogP contribution in [0.3, 0.4) is 0 Å². The molecular formula is C25H29N5O2. The predicted octanol–water partition coefficient (Wildman–Crippen LogP) is 4.02. The molecular weight excluding hydrogens is 402 g/mol. The number of carbonyl (C=O) groups excluding carboxylic acids is 2. The van der Waals surface area contributed by atoms with Crippen molar-refractivity contribution in [2.75, 3.05) is 11.9 Å². The third kappa shape index (κ3) is 3.76. The number of aryl methyl sites for hydroxylation is 1. The maximum absolute atomic E-state index is 13.9. The molecule has 7 nitrogen and oxygen atoms in total. The minimum absolute atomic E-state index is 0.0478. The Balaban J connectivity index is 1.65. The van der Waals surface area contributed by atoms with Gasteiger partial charge in [0.15, 0.2) is 0 Å². The summed E-state index contributed by atoms with van der Waals surface area (Å²) in [7, 11) is 0. The van der Waals surface area contributed by atoms with Crippen LogP contribution in [0.15, 0.2) is 36.7 Å². The molecule has 2 unspecified atom stereocenters. The number of nitrogens with one attached hydrogen (secondary N) is 1. The zero-order chi connectivity index (χ0) is 22.2. The molecule has 1 aliphatic carbocycles. The first-order valence-electron chi connectivity index (χ1n) is 11.5. The standard InChI is InChI=1S/C25H29N5O2/c1-3-23-28-22-12-19(27-16(2)31)11-21(24(22)30(23)15-18-7-5-9-26-13-18)25(32)29-14-17-6-4-8-20(29)10-17/h5,7,9,11-13,17,20H,3-4,6,8,10,14-15H2,1-2H3,(H,27,31). The summed E-state index contributed by atoms with van der Waals surface area (Å²) < 4.78 is 2.14. The quantitative estimate of drug-likeness (QED) is 0.662. The number of benzene rings is 1. The van der Waals surface area contributed by atoms with E-state index >= 15 is 0 Å². The van der Waals surface area contributed by atoms with Crippen molar-refractivity contribution in [3.63, 3.8) is 0 Å². The topological polar surface area (TPSA) is 80.1 Å². The van der Waals surface area contributed by atoms with Gasteiger partial charge in [-0.3, -0.25) is 14.6 Å². The molecule has 7 heteroatoms. The van der Waals surface area contributed by atoms with Crippen LogP contribution in [0.4, 0.5) is 5.69 Å². The van der Waals surface area contributed by atoms with E-state index in [0.29, 0.717) is 29.8 Å². The summed E-state index contributed by atoms with van der Waals surface area (Å²) in [5, 5.41) is 2.86. The van der Waals surface area contributed by atoms with Gasteiger partial charge in [-0.25, -0.2) is 4.98 Å². The number of anilines is 1. The molecule has 5 rings (SSSR count). The van der Waals surface area contributed by atoms with E-state index in [1.54, 1.807) is 6.20 Å². The van der Waals surface area contributed by atoms with Gasteiger partial charge in [0.2, 0.25) is 5.91 Å². The molecule has 1 aliphatic heterocycles. The summed E-state index contributed by atoms with van der Waals surface area (Å²) in [6.45, 7) is 4.97. The first-order valence-corrected chi connectivity index (χ1v) is 11.5. The fourth-order valence-electron chi connectivity index (χ4n) is 5.41. The van der Waals surface area contributed by atoms with Crippen LogP contribution < -0.4 is 5.32 Å². The van der Waals surface area contributed by atoms with Crippen LogP contribution >= 0.6 is 0 Å². The van der Waals surface area contributed by atoms with E-state index in [2.05, 4.69) is 26.7 Å². The van der Waals surface area contributed by atoms with Crippen molar-refractivity contribution in [2.45, 2.75) is 58.5 Å². The molecule has 2 aromatic heterocycles. The van der Waals surface area contributed by atoms with Gasteiger partial charge >= 0.3 is 0 Å². The maximum atomic E-state index is 13.9. The number of carbonyl (C=O) groups is 2. The minimum atomic E-state index is -0.162. The lowest BCUT2D eigenvalue weighted by Gasteiger charge is -2.25. The van der Waals surface area contributed by atoms with Crippen molar-refractivity contribution < 1.29 is 9.59 Å². The number of rotatable bonds is 5. The number of amides is 2.